The van der Waals surface area contributed by atoms with Crippen LogP contribution in [0.4, 0.5) is 5.82 Å². The number of fused-ring (bicyclic) bond motifs is 2. The van der Waals surface area contributed by atoms with Gasteiger partial charge in [-0.2, -0.15) is 0 Å². The van der Waals surface area contributed by atoms with Crippen LogP contribution in [0.25, 0.3) is 21.9 Å². The van der Waals surface area contributed by atoms with Crippen molar-refractivity contribution in [2.45, 2.75) is 18.8 Å². The SMILES string of the molecule is Clc1ccc2c(N3CCC[C@@H](c4nc5ccccc5[nH]4)C3)ncnc2c1. The molecule has 130 valence electrons. The number of piperidine rings is 1. The van der Waals surface area contributed by atoms with Crippen LogP contribution >= 0.6 is 11.6 Å². The number of imidazole rings is 1. The highest BCUT2D eigenvalue weighted by molar-refractivity contribution is 6.31. The van der Waals surface area contributed by atoms with Crippen LogP contribution in [0.3, 0.4) is 0 Å². The van der Waals surface area contributed by atoms with E-state index in [9.17, 15) is 0 Å². The summed E-state index contributed by atoms with van der Waals surface area (Å²) in [4.78, 5) is 19.6. The molecule has 4 aromatic rings. The summed E-state index contributed by atoms with van der Waals surface area (Å²) < 4.78 is 0. The number of aromatic amines is 1. The summed E-state index contributed by atoms with van der Waals surface area (Å²) >= 11 is 6.11. The standard InChI is InChI=1S/C20H18ClN5/c21-14-7-8-15-18(10-14)22-12-23-20(15)26-9-3-4-13(11-26)19-24-16-5-1-2-6-17(16)25-19/h1-2,5-8,10,12-13H,3-4,9,11H2,(H,24,25)/t13-/m1/s1. The van der Waals surface area contributed by atoms with Crippen LogP contribution in [-0.4, -0.2) is 33.0 Å². The number of aromatic nitrogens is 4. The van der Waals surface area contributed by atoms with E-state index in [1.54, 1.807) is 6.33 Å². The van der Waals surface area contributed by atoms with E-state index in [4.69, 9.17) is 16.6 Å². The van der Waals surface area contributed by atoms with Gasteiger partial charge in [-0.3, -0.25) is 0 Å². The van der Waals surface area contributed by atoms with Crippen molar-refractivity contribution < 1.29 is 0 Å². The van der Waals surface area contributed by atoms with Crippen LogP contribution in [0, 0.1) is 0 Å². The molecule has 1 aliphatic heterocycles. The number of nitrogens with zero attached hydrogens (tertiary/aromatic N) is 4. The molecule has 2 aromatic heterocycles. The van der Waals surface area contributed by atoms with Crippen LogP contribution < -0.4 is 4.90 Å². The second kappa shape index (κ2) is 6.25. The first-order chi connectivity index (χ1) is 12.8. The fraction of sp³-hybridized carbons (Fsp3) is 0.250. The predicted octanol–water partition coefficient (Wildman–Crippen LogP) is 4.54. The van der Waals surface area contributed by atoms with Gasteiger partial charge in [-0.25, -0.2) is 15.0 Å². The molecule has 1 N–H and O–H groups in total. The maximum absolute atomic E-state index is 6.11. The number of rotatable bonds is 2. The maximum Gasteiger partial charge on any atom is 0.139 e. The highest BCUT2D eigenvalue weighted by Crippen LogP contribution is 2.32. The van der Waals surface area contributed by atoms with Crippen LogP contribution in [0.15, 0.2) is 48.8 Å². The molecule has 2 aromatic carbocycles. The lowest BCUT2D eigenvalue weighted by Gasteiger charge is -2.33. The molecular formula is C20H18ClN5. The van der Waals surface area contributed by atoms with Gasteiger partial charge >= 0.3 is 0 Å². The number of hydrogen-bond donors (Lipinski definition) is 1. The topological polar surface area (TPSA) is 57.7 Å². The van der Waals surface area contributed by atoms with Crippen LogP contribution in [0.2, 0.25) is 5.02 Å². The van der Waals surface area contributed by atoms with E-state index in [1.807, 2.05) is 30.3 Å². The van der Waals surface area contributed by atoms with E-state index in [-0.39, 0.29) is 0 Å². The van der Waals surface area contributed by atoms with Gasteiger partial charge in [0.25, 0.3) is 0 Å². The highest BCUT2D eigenvalue weighted by Gasteiger charge is 2.25. The minimum atomic E-state index is 0.369. The average Bonchev–Trinajstić information content (AvgIpc) is 3.12. The number of H-pyrrole nitrogens is 1. The summed E-state index contributed by atoms with van der Waals surface area (Å²) in [5.41, 5.74) is 3.01. The molecule has 0 bridgehead atoms. The molecule has 5 nitrogen and oxygen atoms in total. The number of nitrogens with one attached hydrogen (secondary N) is 1. The molecular weight excluding hydrogens is 346 g/mol. The third kappa shape index (κ3) is 2.69. The summed E-state index contributed by atoms with van der Waals surface area (Å²) in [5, 5.41) is 1.74. The Labute approximate surface area is 156 Å². The number of hydrogen-bond acceptors (Lipinski definition) is 4. The average molecular weight is 364 g/mol. The number of anilines is 1. The van der Waals surface area contributed by atoms with Gasteiger partial charge in [0, 0.05) is 29.4 Å². The Bertz CT molecular complexity index is 1060. The number of para-hydroxylation sites is 2. The van der Waals surface area contributed by atoms with E-state index in [0.717, 1.165) is 59.5 Å². The van der Waals surface area contributed by atoms with Gasteiger partial charge in [-0.05, 0) is 43.2 Å². The molecule has 0 spiro atoms. The third-order valence-corrected chi connectivity index (χ3v) is 5.33. The molecule has 0 unspecified atom stereocenters. The second-order valence-electron chi connectivity index (χ2n) is 6.78. The van der Waals surface area contributed by atoms with E-state index >= 15 is 0 Å². The molecule has 1 atom stereocenters. The van der Waals surface area contributed by atoms with Crippen molar-refractivity contribution in [3.8, 4) is 0 Å². The van der Waals surface area contributed by atoms with Crippen LogP contribution in [0.1, 0.15) is 24.6 Å². The minimum Gasteiger partial charge on any atom is -0.355 e. The molecule has 1 aliphatic rings. The zero-order valence-electron chi connectivity index (χ0n) is 14.2. The monoisotopic (exact) mass is 363 g/mol. The van der Waals surface area contributed by atoms with Crippen LogP contribution in [-0.2, 0) is 0 Å². The molecule has 0 radical (unpaired) electrons. The number of halogens is 1. The second-order valence-corrected chi connectivity index (χ2v) is 7.22. The third-order valence-electron chi connectivity index (χ3n) is 5.09. The zero-order valence-corrected chi connectivity index (χ0v) is 14.9. The van der Waals surface area contributed by atoms with E-state index < -0.39 is 0 Å². The Balaban J connectivity index is 1.49. The first kappa shape index (κ1) is 15.6. The van der Waals surface area contributed by atoms with Gasteiger partial charge in [0.1, 0.15) is 18.0 Å². The highest BCUT2D eigenvalue weighted by atomic mass is 35.5. The Hall–Kier alpha value is -2.66. The lowest BCUT2D eigenvalue weighted by atomic mass is 9.97. The van der Waals surface area contributed by atoms with Crippen molar-refractivity contribution >= 4 is 39.4 Å². The summed E-state index contributed by atoms with van der Waals surface area (Å²) in [5.74, 6) is 2.42. The predicted molar refractivity (Wildman–Crippen MR) is 105 cm³/mol. The molecule has 3 heterocycles. The zero-order chi connectivity index (χ0) is 17.5. The quantitative estimate of drug-likeness (QED) is 0.568. The van der Waals surface area contributed by atoms with E-state index in [0.29, 0.717) is 10.9 Å². The Morgan fingerprint density at radius 2 is 2.00 bits per heavy atom. The Kier molecular flexibility index (Phi) is 3.75. The number of benzene rings is 2. The van der Waals surface area contributed by atoms with E-state index in [1.165, 1.54) is 0 Å². The first-order valence-corrected chi connectivity index (χ1v) is 9.25. The van der Waals surface area contributed by atoms with Crippen LogP contribution in [0.5, 0.6) is 0 Å². The lowest BCUT2D eigenvalue weighted by molar-refractivity contribution is 0.493. The van der Waals surface area contributed by atoms with Crippen molar-refractivity contribution in [2.24, 2.45) is 0 Å². The first-order valence-electron chi connectivity index (χ1n) is 8.88. The normalized spacial score (nSPS) is 17.9. The van der Waals surface area contributed by atoms with Crippen molar-refractivity contribution in [3.63, 3.8) is 0 Å². The summed E-state index contributed by atoms with van der Waals surface area (Å²) in [6, 6.07) is 14.0. The Morgan fingerprint density at radius 1 is 1.08 bits per heavy atom. The summed E-state index contributed by atoms with van der Waals surface area (Å²) in [7, 11) is 0. The van der Waals surface area contributed by atoms with Gasteiger partial charge in [-0.1, -0.05) is 23.7 Å². The van der Waals surface area contributed by atoms with Crippen molar-refractivity contribution in [1.29, 1.82) is 0 Å². The minimum absolute atomic E-state index is 0.369. The molecule has 1 saturated heterocycles. The van der Waals surface area contributed by atoms with Crippen molar-refractivity contribution in [3.05, 3.63) is 59.6 Å². The van der Waals surface area contributed by atoms with Gasteiger partial charge < -0.3 is 9.88 Å². The largest absolute Gasteiger partial charge is 0.355 e. The summed E-state index contributed by atoms with van der Waals surface area (Å²) in [6.07, 6.45) is 3.87. The fourth-order valence-electron chi connectivity index (χ4n) is 3.83. The van der Waals surface area contributed by atoms with Gasteiger partial charge in [-0.15, -0.1) is 0 Å². The molecule has 5 rings (SSSR count). The molecule has 26 heavy (non-hydrogen) atoms. The molecule has 0 saturated carbocycles. The summed E-state index contributed by atoms with van der Waals surface area (Å²) in [6.45, 7) is 1.89. The fourth-order valence-corrected chi connectivity index (χ4v) is 3.99. The Morgan fingerprint density at radius 3 is 2.92 bits per heavy atom. The molecule has 0 amide bonds. The maximum atomic E-state index is 6.11. The van der Waals surface area contributed by atoms with Gasteiger partial charge in [0.05, 0.1) is 16.6 Å². The molecule has 1 fully saturated rings. The smallest absolute Gasteiger partial charge is 0.139 e. The van der Waals surface area contributed by atoms with E-state index in [2.05, 4.69) is 32.0 Å². The van der Waals surface area contributed by atoms with Gasteiger partial charge in [0.15, 0.2) is 0 Å². The van der Waals surface area contributed by atoms with Gasteiger partial charge in [0.2, 0.25) is 0 Å². The molecule has 0 aliphatic carbocycles. The van der Waals surface area contributed by atoms with Crippen molar-refractivity contribution in [1.82, 2.24) is 19.9 Å². The molecule has 6 heteroatoms. The van der Waals surface area contributed by atoms with Crippen molar-refractivity contribution in [2.75, 3.05) is 18.0 Å². The lowest BCUT2D eigenvalue weighted by Crippen LogP contribution is -2.35.